The molecule has 4 aliphatic rings. The molecule has 2 aliphatic heterocycles. The lowest BCUT2D eigenvalue weighted by molar-refractivity contribution is -0.146. The van der Waals surface area contributed by atoms with Crippen LogP contribution in [-0.4, -0.2) is 111 Å². The van der Waals surface area contributed by atoms with Crippen molar-refractivity contribution in [2.45, 2.75) is 134 Å². The molecule has 0 spiro atoms. The Labute approximate surface area is 369 Å². The topological polar surface area (TPSA) is 207 Å². The number of aromatic nitrogens is 2. The average molecular weight is 889 g/mol. The number of nitrogens with one attached hydrogen (secondary N) is 2. The Balaban J connectivity index is 1.29. The van der Waals surface area contributed by atoms with Crippen molar-refractivity contribution in [2.75, 3.05) is 13.7 Å². The molecule has 3 fully saturated rings. The smallest absolute Gasteiger partial charge is 0.408 e. The number of allylic oxidation sites excluding steroid dienone is 1. The third kappa shape index (κ3) is 9.87. The van der Waals surface area contributed by atoms with Gasteiger partial charge in [0.05, 0.1) is 30.7 Å². The van der Waals surface area contributed by atoms with E-state index in [2.05, 4.69) is 21.9 Å². The number of hydrogen-bond donors (Lipinski definition) is 3. The highest BCUT2D eigenvalue weighted by atomic mass is 32.2. The molecule has 7 atom stereocenters. The lowest BCUT2D eigenvalue weighted by Gasteiger charge is -2.43. The molecule has 2 aliphatic carbocycles. The van der Waals surface area contributed by atoms with Crippen LogP contribution in [-0.2, 0) is 24.4 Å². The second-order valence-electron chi connectivity index (χ2n) is 19.0. The maximum atomic E-state index is 15.3. The first kappa shape index (κ1) is 45.6. The quantitative estimate of drug-likeness (QED) is 0.198. The number of fused-ring (bicyclic) bond motifs is 3. The van der Waals surface area contributed by atoms with Crippen molar-refractivity contribution in [1.29, 1.82) is 0 Å². The van der Waals surface area contributed by atoms with E-state index in [1.807, 2.05) is 57.2 Å². The van der Waals surface area contributed by atoms with Crippen molar-refractivity contribution >= 4 is 44.6 Å². The third-order valence-corrected chi connectivity index (χ3v) is 14.3. The Bertz CT molecular complexity index is 2380. The maximum absolute atomic E-state index is 15.3. The molecule has 0 bridgehead atoms. The zero-order valence-electron chi connectivity index (χ0n) is 37.3. The normalized spacial score (nSPS) is 27.3. The molecule has 4 amide bonds. The van der Waals surface area contributed by atoms with Crippen LogP contribution in [0.25, 0.3) is 22.0 Å². The predicted octanol–water partition coefficient (Wildman–Crippen LogP) is 6.08. The van der Waals surface area contributed by atoms with Crippen LogP contribution < -0.4 is 24.2 Å². The lowest BCUT2D eigenvalue weighted by Crippen LogP contribution is -2.62. The summed E-state index contributed by atoms with van der Waals surface area (Å²) in [6, 6.07) is 8.51. The van der Waals surface area contributed by atoms with Gasteiger partial charge >= 0.3 is 6.09 Å². The molecule has 1 aromatic carbocycles. The van der Waals surface area contributed by atoms with Gasteiger partial charge in [-0.2, -0.15) is 0 Å². The third-order valence-electron chi connectivity index (χ3n) is 12.5. The largest absolute Gasteiger partial charge is 0.497 e. The number of nitrogens with zero attached hydrogens (tertiary/aromatic N) is 4. The van der Waals surface area contributed by atoms with Crippen molar-refractivity contribution in [1.82, 2.24) is 29.8 Å². The van der Waals surface area contributed by atoms with Crippen molar-refractivity contribution in [3.05, 3.63) is 54.7 Å². The summed E-state index contributed by atoms with van der Waals surface area (Å²) in [7, 11) is -2.38. The van der Waals surface area contributed by atoms with Crippen molar-refractivity contribution in [3.63, 3.8) is 0 Å². The second-order valence-corrected chi connectivity index (χ2v) is 20.9. The van der Waals surface area contributed by atoms with E-state index in [1.165, 1.54) is 9.80 Å². The number of carbonyl (C=O) groups is 4. The first-order valence-corrected chi connectivity index (χ1v) is 23.4. The molecule has 4 heterocycles. The van der Waals surface area contributed by atoms with Gasteiger partial charge in [0.15, 0.2) is 0 Å². The number of carboxylic acid groups (broad SMARTS) is 1. The highest BCUT2D eigenvalue weighted by molar-refractivity contribution is 7.91. The highest BCUT2D eigenvalue weighted by Crippen LogP contribution is 2.46. The van der Waals surface area contributed by atoms with E-state index in [4.69, 9.17) is 19.2 Å². The van der Waals surface area contributed by atoms with Crippen LogP contribution in [0.3, 0.4) is 0 Å². The Kier molecular flexibility index (Phi) is 12.7. The van der Waals surface area contributed by atoms with E-state index in [9.17, 15) is 27.9 Å². The summed E-state index contributed by atoms with van der Waals surface area (Å²) in [5.74, 6) is -1.65. The Hall–Kier alpha value is -5.45. The molecule has 340 valence electrons. The molecule has 3 aromatic rings. The zero-order valence-corrected chi connectivity index (χ0v) is 38.1. The van der Waals surface area contributed by atoms with Crippen molar-refractivity contribution < 1.29 is 46.9 Å². The van der Waals surface area contributed by atoms with Gasteiger partial charge in [0.1, 0.15) is 29.5 Å². The number of hydrogen-bond acceptors (Lipinski definition) is 11. The summed E-state index contributed by atoms with van der Waals surface area (Å²) < 4.78 is 46.3. The minimum Gasteiger partial charge on any atom is -0.497 e. The van der Waals surface area contributed by atoms with Crippen LogP contribution in [0.4, 0.5) is 4.79 Å². The van der Waals surface area contributed by atoms with Gasteiger partial charge in [-0.05, 0) is 121 Å². The molecule has 0 unspecified atom stereocenters. The number of carbonyl (C=O) groups excluding carboxylic acids is 3. The van der Waals surface area contributed by atoms with E-state index < -0.39 is 80.2 Å². The van der Waals surface area contributed by atoms with E-state index >= 15 is 4.79 Å². The number of pyridine rings is 2. The monoisotopic (exact) mass is 888 g/mol. The second kappa shape index (κ2) is 17.6. The van der Waals surface area contributed by atoms with Crippen molar-refractivity contribution in [3.8, 4) is 28.8 Å². The minimum atomic E-state index is -3.95. The zero-order chi connectivity index (χ0) is 45.6. The molecule has 16 nitrogen and oxygen atoms in total. The first-order valence-electron chi connectivity index (χ1n) is 21.9. The number of sulfonamides is 1. The molecular weight excluding hydrogens is 829 g/mol. The van der Waals surface area contributed by atoms with Gasteiger partial charge < -0.3 is 29.5 Å². The van der Waals surface area contributed by atoms with Gasteiger partial charge in [-0.3, -0.25) is 24.0 Å². The Morgan fingerprint density at radius 2 is 1.81 bits per heavy atom. The predicted molar refractivity (Wildman–Crippen MR) is 236 cm³/mol. The summed E-state index contributed by atoms with van der Waals surface area (Å²) in [6.07, 6.45) is 6.19. The fourth-order valence-corrected chi connectivity index (χ4v) is 10.4. The Morgan fingerprint density at radius 3 is 2.44 bits per heavy atom. The highest BCUT2D eigenvalue weighted by Gasteiger charge is 2.62. The van der Waals surface area contributed by atoms with E-state index in [0.717, 1.165) is 11.8 Å². The number of rotatable bonds is 10. The molecular formula is C46H60N6O10S. The van der Waals surface area contributed by atoms with Crippen LogP contribution in [0, 0.1) is 17.8 Å². The molecule has 17 heteroatoms. The van der Waals surface area contributed by atoms with E-state index in [-0.39, 0.29) is 37.3 Å². The maximum Gasteiger partial charge on any atom is 0.408 e. The van der Waals surface area contributed by atoms with E-state index in [1.54, 1.807) is 46.2 Å². The van der Waals surface area contributed by atoms with Gasteiger partial charge in [-0.15, -0.1) is 0 Å². The van der Waals surface area contributed by atoms with Gasteiger partial charge in [0.25, 0.3) is 5.91 Å². The van der Waals surface area contributed by atoms with Crippen LogP contribution >= 0.6 is 0 Å². The Morgan fingerprint density at radius 1 is 1.06 bits per heavy atom. The fraction of sp³-hybridized carbons (Fsp3) is 0.565. The van der Waals surface area contributed by atoms with E-state index in [0.29, 0.717) is 54.0 Å². The van der Waals surface area contributed by atoms with Gasteiger partial charge in [-0.1, -0.05) is 26.0 Å². The van der Waals surface area contributed by atoms with Gasteiger partial charge in [-0.25, -0.2) is 23.2 Å². The van der Waals surface area contributed by atoms with Crippen molar-refractivity contribution in [2.24, 2.45) is 17.8 Å². The molecule has 7 rings (SSSR count). The summed E-state index contributed by atoms with van der Waals surface area (Å²) >= 11 is 0. The lowest BCUT2D eigenvalue weighted by atomic mass is 9.85. The molecule has 3 N–H and O–H groups in total. The minimum absolute atomic E-state index is 0.0391. The summed E-state index contributed by atoms with van der Waals surface area (Å²) in [6.45, 7) is 12.8. The standard InChI is InChI=1S/C46H60N6O10S/c1-26(2)61-38-18-13-29(24-47-38)36-21-30-20-32(60-8)14-17-35(30)41(48-36)62-33-22-37-40(53)49-46(43(55)50-63(58,59)34-15-16-34)23-31(46)12-10-9-11-27(3)19-28(4)39(42(54)51(37)25-33)52(44(56)57)45(5,6)7/h10,12-14,17-18,20-21,24,26-28,31,33-34,37,39H,9,11,15-16,19,22-23,25H2,1-8H3,(H,49,53)(H,50,55)(H,56,57)/b12-10-/t27-,28-,31-,33-,37+,39+,46-/m1/s1. The van der Waals surface area contributed by atoms with Crippen LogP contribution in [0.15, 0.2) is 54.7 Å². The van der Waals surface area contributed by atoms with Crippen LogP contribution in [0.1, 0.15) is 93.4 Å². The molecule has 2 saturated carbocycles. The molecule has 63 heavy (non-hydrogen) atoms. The average Bonchev–Trinajstić information content (AvgIpc) is 4.14. The summed E-state index contributed by atoms with van der Waals surface area (Å²) in [5, 5.41) is 14.3. The number of benzene rings is 1. The SMILES string of the molecule is COc1ccc2c(O[C@@H]3C[C@H]4C(=O)N[C@]5(C(=O)NS(=O)(=O)C6CC6)C[C@H]5/C=C\CC[C@@H](C)C[C@@H](C)[C@H](N(C(=O)O)C(C)(C)C)C(=O)N4C3)nc(-c3ccc(OC(C)C)nc3)cc2c1. The fourth-order valence-electron chi connectivity index (χ4n) is 9.04. The summed E-state index contributed by atoms with van der Waals surface area (Å²) in [4.78, 5) is 69.1. The van der Waals surface area contributed by atoms with Gasteiger partial charge in [0.2, 0.25) is 33.6 Å². The molecule has 1 saturated heterocycles. The number of methoxy groups -OCH3 is 1. The number of amides is 4. The van der Waals surface area contributed by atoms with Crippen LogP contribution in [0.2, 0.25) is 0 Å². The molecule has 0 radical (unpaired) electrons. The summed E-state index contributed by atoms with van der Waals surface area (Å²) in [5.41, 5.74) is -1.37. The van der Waals surface area contributed by atoms with Crippen LogP contribution in [0.5, 0.6) is 17.5 Å². The number of ether oxygens (including phenoxy) is 3. The molecule has 2 aromatic heterocycles. The van der Waals surface area contributed by atoms with Gasteiger partial charge in [0, 0.05) is 41.1 Å². The first-order chi connectivity index (χ1) is 29.7.